The van der Waals surface area contributed by atoms with Crippen molar-refractivity contribution in [3.8, 4) is 34.0 Å². The van der Waals surface area contributed by atoms with Crippen LogP contribution in [0.5, 0.6) is 11.5 Å². The van der Waals surface area contributed by atoms with Crippen LogP contribution in [0.25, 0.3) is 22.5 Å². The molecule has 0 atom stereocenters. The quantitative estimate of drug-likeness (QED) is 0.369. The van der Waals surface area contributed by atoms with E-state index in [-0.39, 0.29) is 28.1 Å². The van der Waals surface area contributed by atoms with Crippen LogP contribution in [0.2, 0.25) is 0 Å². The number of para-hydroxylation sites is 2. The van der Waals surface area contributed by atoms with Gasteiger partial charge in [0, 0.05) is 16.7 Å². The normalized spacial score (nSPS) is 11.8. The molecule has 0 saturated heterocycles. The Morgan fingerprint density at radius 3 is 1.47 bits per heavy atom. The van der Waals surface area contributed by atoms with E-state index in [1.54, 1.807) is 0 Å². The molecule has 0 saturated carbocycles. The maximum absolute atomic E-state index is 12.7. The van der Waals surface area contributed by atoms with Gasteiger partial charge in [0.2, 0.25) is 0 Å². The molecule has 0 aliphatic rings. The lowest BCUT2D eigenvalue weighted by atomic mass is 10.0. The fourth-order valence-electron chi connectivity index (χ4n) is 2.68. The summed E-state index contributed by atoms with van der Waals surface area (Å²) >= 11 is 0. The van der Waals surface area contributed by atoms with Crippen LogP contribution < -0.4 is 9.47 Å². The fraction of sp³-hybridized carbons (Fsp3) is 0.100. The van der Waals surface area contributed by atoms with E-state index < -0.39 is 24.2 Å². The highest BCUT2D eigenvalue weighted by Gasteiger charge is 2.33. The van der Waals surface area contributed by atoms with Gasteiger partial charge in [-0.2, -0.15) is 0 Å². The molecule has 0 aliphatic carbocycles. The summed E-state index contributed by atoms with van der Waals surface area (Å²) in [5.74, 6) is -1.15. The summed E-state index contributed by atoms with van der Waals surface area (Å²) in [7, 11) is 0. The molecule has 0 radical (unpaired) electrons. The van der Waals surface area contributed by atoms with Crippen LogP contribution in [-0.2, 0) is 0 Å². The Hall–Kier alpha value is -3.56. The summed E-state index contributed by atoms with van der Waals surface area (Å²) in [5, 5.41) is 0. The van der Waals surface area contributed by atoms with Crippen molar-refractivity contribution in [3.63, 3.8) is 0 Å². The number of ether oxygens (including phenoxy) is 2. The second-order valence-electron chi connectivity index (χ2n) is 5.88. The predicted octanol–water partition coefficient (Wildman–Crippen LogP) is 6.03. The first-order valence-corrected chi connectivity index (χ1v) is 8.23. The molecule has 10 heteroatoms. The molecule has 1 aromatic heterocycles. The minimum atomic E-state index is -4.98. The molecule has 0 bridgehead atoms. The van der Waals surface area contributed by atoms with E-state index in [4.69, 9.17) is 0 Å². The fourth-order valence-corrected chi connectivity index (χ4v) is 2.68. The van der Waals surface area contributed by atoms with Gasteiger partial charge in [-0.25, -0.2) is 4.98 Å². The van der Waals surface area contributed by atoms with Crippen LogP contribution in [0.4, 0.5) is 26.3 Å². The zero-order valence-corrected chi connectivity index (χ0v) is 14.8. The highest BCUT2D eigenvalue weighted by molar-refractivity contribution is 5.83. The van der Waals surface area contributed by atoms with Crippen molar-refractivity contribution in [2.75, 3.05) is 0 Å². The van der Waals surface area contributed by atoms with Gasteiger partial charge in [-0.1, -0.05) is 24.3 Å². The molecular formula is C20H11F6NO3. The second kappa shape index (κ2) is 8.05. The summed E-state index contributed by atoms with van der Waals surface area (Å²) in [5.41, 5.74) is -0.422. The van der Waals surface area contributed by atoms with E-state index in [0.29, 0.717) is 6.29 Å². The Kier molecular flexibility index (Phi) is 5.68. The zero-order chi connectivity index (χ0) is 21.9. The van der Waals surface area contributed by atoms with E-state index in [1.165, 1.54) is 48.5 Å². The molecule has 3 rings (SSSR count). The number of rotatable bonds is 5. The number of halogens is 6. The van der Waals surface area contributed by atoms with E-state index in [0.717, 1.165) is 12.1 Å². The highest BCUT2D eigenvalue weighted by atomic mass is 19.4. The largest absolute Gasteiger partial charge is 0.573 e. The number of alkyl halides is 6. The molecule has 3 aromatic rings. The molecule has 0 aliphatic heterocycles. The maximum Gasteiger partial charge on any atom is 0.573 e. The van der Waals surface area contributed by atoms with Crippen LogP contribution >= 0.6 is 0 Å². The molecule has 2 aromatic carbocycles. The molecule has 156 valence electrons. The number of aldehydes is 1. The predicted molar refractivity (Wildman–Crippen MR) is 93.9 cm³/mol. The Labute approximate surface area is 165 Å². The van der Waals surface area contributed by atoms with Gasteiger partial charge in [-0.3, -0.25) is 4.79 Å². The van der Waals surface area contributed by atoms with Gasteiger partial charge in [-0.15, -0.1) is 26.3 Å². The Morgan fingerprint density at radius 1 is 0.700 bits per heavy atom. The minimum Gasteiger partial charge on any atom is -0.405 e. The second-order valence-corrected chi connectivity index (χ2v) is 5.88. The summed E-state index contributed by atoms with van der Waals surface area (Å²) in [4.78, 5) is 15.5. The zero-order valence-electron chi connectivity index (χ0n) is 14.8. The number of hydrogen-bond donors (Lipinski definition) is 0. The summed E-state index contributed by atoms with van der Waals surface area (Å²) in [6.07, 6.45) is -9.56. The van der Waals surface area contributed by atoms with E-state index in [1.807, 2.05) is 0 Å². The molecule has 0 spiro atoms. The summed E-state index contributed by atoms with van der Waals surface area (Å²) in [6, 6.07) is 12.5. The first-order valence-electron chi connectivity index (χ1n) is 8.23. The standard InChI is InChI=1S/C20H11F6NO3/c21-19(22,23)29-17-7-3-1-5-13(17)15-9-12(11-28)10-16(27-15)14-6-2-4-8-18(14)30-20(24,25)26/h1-11H. The molecule has 0 fully saturated rings. The third kappa shape index (κ3) is 5.28. The number of pyridine rings is 1. The van der Waals surface area contributed by atoms with Gasteiger partial charge in [0.25, 0.3) is 0 Å². The lowest BCUT2D eigenvalue weighted by Gasteiger charge is -2.15. The van der Waals surface area contributed by atoms with Crippen molar-refractivity contribution in [1.29, 1.82) is 0 Å². The first kappa shape index (κ1) is 21.2. The van der Waals surface area contributed by atoms with E-state index in [2.05, 4.69) is 14.5 Å². The smallest absolute Gasteiger partial charge is 0.405 e. The Balaban J connectivity index is 2.16. The van der Waals surface area contributed by atoms with Crippen molar-refractivity contribution in [1.82, 2.24) is 4.98 Å². The molecule has 0 amide bonds. The molecule has 0 N–H and O–H groups in total. The van der Waals surface area contributed by atoms with Gasteiger partial charge in [0.1, 0.15) is 17.8 Å². The maximum atomic E-state index is 12.7. The van der Waals surface area contributed by atoms with Crippen molar-refractivity contribution < 1.29 is 40.6 Å². The molecular weight excluding hydrogens is 416 g/mol. The number of carbonyl (C=O) groups is 1. The van der Waals surface area contributed by atoms with Gasteiger partial charge in [0.05, 0.1) is 11.4 Å². The van der Waals surface area contributed by atoms with Crippen LogP contribution in [0, 0.1) is 0 Å². The number of carbonyl (C=O) groups excluding carboxylic acids is 1. The third-order valence-electron chi connectivity index (χ3n) is 3.76. The number of benzene rings is 2. The van der Waals surface area contributed by atoms with E-state index >= 15 is 0 Å². The van der Waals surface area contributed by atoms with Gasteiger partial charge >= 0.3 is 12.7 Å². The van der Waals surface area contributed by atoms with Gasteiger partial charge in [-0.05, 0) is 36.4 Å². The lowest BCUT2D eigenvalue weighted by molar-refractivity contribution is -0.275. The van der Waals surface area contributed by atoms with E-state index in [9.17, 15) is 31.1 Å². The summed E-state index contributed by atoms with van der Waals surface area (Å²) in [6.45, 7) is 0. The third-order valence-corrected chi connectivity index (χ3v) is 3.76. The van der Waals surface area contributed by atoms with Gasteiger partial charge in [0.15, 0.2) is 0 Å². The minimum absolute atomic E-state index is 0.0152. The highest BCUT2D eigenvalue weighted by Crippen LogP contribution is 2.37. The average molecular weight is 427 g/mol. The summed E-state index contributed by atoms with van der Waals surface area (Å²) < 4.78 is 84.3. The number of nitrogens with zero attached hydrogens (tertiary/aromatic N) is 1. The molecule has 0 unspecified atom stereocenters. The van der Waals surface area contributed by atoms with Crippen molar-refractivity contribution in [2.45, 2.75) is 12.7 Å². The Bertz CT molecular complexity index is 985. The average Bonchev–Trinajstić information content (AvgIpc) is 2.66. The van der Waals surface area contributed by atoms with Crippen LogP contribution in [0.15, 0.2) is 60.7 Å². The van der Waals surface area contributed by atoms with Crippen molar-refractivity contribution in [3.05, 3.63) is 66.2 Å². The SMILES string of the molecule is O=Cc1cc(-c2ccccc2OC(F)(F)F)nc(-c2ccccc2OC(F)(F)F)c1. The Morgan fingerprint density at radius 2 is 1.10 bits per heavy atom. The molecule has 4 nitrogen and oxygen atoms in total. The van der Waals surface area contributed by atoms with Crippen molar-refractivity contribution in [2.24, 2.45) is 0 Å². The number of aromatic nitrogens is 1. The molecule has 1 heterocycles. The van der Waals surface area contributed by atoms with Crippen LogP contribution in [0.1, 0.15) is 10.4 Å². The van der Waals surface area contributed by atoms with Gasteiger partial charge < -0.3 is 9.47 Å². The monoisotopic (exact) mass is 427 g/mol. The van der Waals surface area contributed by atoms with Crippen LogP contribution in [0.3, 0.4) is 0 Å². The topological polar surface area (TPSA) is 48.4 Å². The number of hydrogen-bond acceptors (Lipinski definition) is 4. The lowest BCUT2D eigenvalue weighted by Crippen LogP contribution is -2.18. The van der Waals surface area contributed by atoms with Crippen LogP contribution in [-0.4, -0.2) is 24.0 Å². The van der Waals surface area contributed by atoms with Crippen molar-refractivity contribution >= 4 is 6.29 Å². The first-order chi connectivity index (χ1) is 14.1. The molecule has 30 heavy (non-hydrogen) atoms.